The van der Waals surface area contributed by atoms with E-state index < -0.39 is 0 Å². The number of para-hydroxylation sites is 1. The Hall–Kier alpha value is -1.95. The molecule has 1 aliphatic rings. The SMILES string of the molecule is O=C(CN1CCCC1=O)Nc1cccc2cc(Br)cnc12. The molecule has 0 bridgehead atoms. The lowest BCUT2D eigenvalue weighted by Gasteiger charge is -2.15. The molecular weight excluding hydrogens is 334 g/mol. The highest BCUT2D eigenvalue weighted by Crippen LogP contribution is 2.24. The summed E-state index contributed by atoms with van der Waals surface area (Å²) < 4.78 is 0.890. The highest BCUT2D eigenvalue weighted by Gasteiger charge is 2.22. The van der Waals surface area contributed by atoms with Crippen molar-refractivity contribution in [3.63, 3.8) is 0 Å². The molecule has 21 heavy (non-hydrogen) atoms. The zero-order chi connectivity index (χ0) is 14.8. The molecule has 1 aromatic carbocycles. The minimum absolute atomic E-state index is 0.0464. The molecule has 2 aromatic rings. The van der Waals surface area contributed by atoms with Crippen LogP contribution in [0, 0.1) is 0 Å². The van der Waals surface area contributed by atoms with Crippen molar-refractivity contribution in [2.24, 2.45) is 0 Å². The maximum Gasteiger partial charge on any atom is 0.244 e. The normalized spacial score (nSPS) is 14.7. The van der Waals surface area contributed by atoms with E-state index in [1.54, 1.807) is 11.1 Å². The number of rotatable bonds is 3. The van der Waals surface area contributed by atoms with Gasteiger partial charge < -0.3 is 10.2 Å². The summed E-state index contributed by atoms with van der Waals surface area (Å²) >= 11 is 3.38. The second-order valence-corrected chi connectivity index (χ2v) is 5.91. The molecule has 1 N–H and O–H groups in total. The Morgan fingerprint density at radius 1 is 1.43 bits per heavy atom. The summed E-state index contributed by atoms with van der Waals surface area (Å²) in [4.78, 5) is 29.5. The van der Waals surface area contributed by atoms with Gasteiger partial charge in [0.05, 0.1) is 17.7 Å². The first kappa shape index (κ1) is 14.0. The van der Waals surface area contributed by atoms with Crippen LogP contribution in [0.3, 0.4) is 0 Å². The van der Waals surface area contributed by atoms with Crippen molar-refractivity contribution in [1.82, 2.24) is 9.88 Å². The molecule has 6 heteroatoms. The molecule has 1 aromatic heterocycles. The minimum Gasteiger partial charge on any atom is -0.333 e. The molecule has 108 valence electrons. The van der Waals surface area contributed by atoms with Gasteiger partial charge >= 0.3 is 0 Å². The fraction of sp³-hybridized carbons (Fsp3) is 0.267. The van der Waals surface area contributed by atoms with Gasteiger partial charge in [0, 0.05) is 29.0 Å². The van der Waals surface area contributed by atoms with Gasteiger partial charge in [-0.15, -0.1) is 0 Å². The molecule has 5 nitrogen and oxygen atoms in total. The Morgan fingerprint density at radius 2 is 2.29 bits per heavy atom. The first-order valence-corrected chi connectivity index (χ1v) is 7.55. The van der Waals surface area contributed by atoms with Crippen molar-refractivity contribution < 1.29 is 9.59 Å². The molecule has 2 amide bonds. The van der Waals surface area contributed by atoms with E-state index in [0.717, 1.165) is 21.8 Å². The van der Waals surface area contributed by atoms with E-state index in [-0.39, 0.29) is 18.4 Å². The average molecular weight is 348 g/mol. The highest BCUT2D eigenvalue weighted by molar-refractivity contribution is 9.10. The number of hydrogen-bond donors (Lipinski definition) is 1. The molecule has 0 unspecified atom stereocenters. The van der Waals surface area contributed by atoms with Gasteiger partial charge in [-0.2, -0.15) is 0 Å². The number of amides is 2. The summed E-state index contributed by atoms with van der Waals surface area (Å²) in [5.74, 6) is -0.146. The molecule has 1 aliphatic heterocycles. The number of carbonyl (C=O) groups excluding carboxylic acids is 2. The van der Waals surface area contributed by atoms with Crippen molar-refractivity contribution >= 4 is 44.3 Å². The van der Waals surface area contributed by atoms with E-state index in [1.165, 1.54) is 0 Å². The molecule has 0 saturated carbocycles. The lowest BCUT2D eigenvalue weighted by Crippen LogP contribution is -2.34. The van der Waals surface area contributed by atoms with Crippen molar-refractivity contribution in [2.75, 3.05) is 18.4 Å². The van der Waals surface area contributed by atoms with Gasteiger partial charge in [-0.25, -0.2) is 0 Å². The second kappa shape index (κ2) is 5.81. The van der Waals surface area contributed by atoms with Gasteiger partial charge in [0.15, 0.2) is 0 Å². The predicted molar refractivity (Wildman–Crippen MR) is 83.9 cm³/mol. The molecule has 0 aliphatic carbocycles. The highest BCUT2D eigenvalue weighted by atomic mass is 79.9. The maximum atomic E-state index is 12.1. The summed E-state index contributed by atoms with van der Waals surface area (Å²) in [5.41, 5.74) is 1.40. The maximum absolute atomic E-state index is 12.1. The number of carbonyl (C=O) groups is 2. The van der Waals surface area contributed by atoms with Crippen LogP contribution in [0.2, 0.25) is 0 Å². The summed E-state index contributed by atoms with van der Waals surface area (Å²) in [5, 5.41) is 3.79. The van der Waals surface area contributed by atoms with Gasteiger partial charge in [-0.1, -0.05) is 12.1 Å². The lowest BCUT2D eigenvalue weighted by molar-refractivity contribution is -0.131. The van der Waals surface area contributed by atoms with Crippen LogP contribution in [0.25, 0.3) is 10.9 Å². The Labute approximate surface area is 130 Å². The van der Waals surface area contributed by atoms with E-state index >= 15 is 0 Å². The number of halogens is 1. The Kier molecular flexibility index (Phi) is 3.88. The molecular formula is C15H14BrN3O2. The number of benzene rings is 1. The molecule has 1 saturated heterocycles. The van der Waals surface area contributed by atoms with Gasteiger partial charge in [0.2, 0.25) is 11.8 Å². The first-order chi connectivity index (χ1) is 10.1. The van der Waals surface area contributed by atoms with Crippen LogP contribution in [0.5, 0.6) is 0 Å². The number of anilines is 1. The summed E-state index contributed by atoms with van der Waals surface area (Å²) in [7, 11) is 0. The minimum atomic E-state index is -0.192. The monoisotopic (exact) mass is 347 g/mol. The van der Waals surface area contributed by atoms with E-state index in [4.69, 9.17) is 0 Å². The van der Waals surface area contributed by atoms with Crippen LogP contribution in [0.15, 0.2) is 34.9 Å². The van der Waals surface area contributed by atoms with E-state index in [0.29, 0.717) is 18.7 Å². The fourth-order valence-electron chi connectivity index (χ4n) is 2.47. The van der Waals surface area contributed by atoms with E-state index in [1.807, 2.05) is 24.3 Å². The standard InChI is InChI=1S/C15H14BrN3O2/c16-11-7-10-3-1-4-12(15(10)17-8-11)18-13(20)9-19-6-2-5-14(19)21/h1,3-4,7-8H,2,5-6,9H2,(H,18,20). The lowest BCUT2D eigenvalue weighted by atomic mass is 10.2. The molecule has 0 spiro atoms. The number of nitrogens with zero attached hydrogens (tertiary/aromatic N) is 2. The number of hydrogen-bond acceptors (Lipinski definition) is 3. The van der Waals surface area contributed by atoms with Crippen LogP contribution in [0.1, 0.15) is 12.8 Å². The van der Waals surface area contributed by atoms with E-state index in [2.05, 4.69) is 26.2 Å². The van der Waals surface area contributed by atoms with Crippen molar-refractivity contribution in [2.45, 2.75) is 12.8 Å². The smallest absolute Gasteiger partial charge is 0.244 e. The Balaban J connectivity index is 1.78. The van der Waals surface area contributed by atoms with Gasteiger partial charge in [-0.3, -0.25) is 14.6 Å². The summed E-state index contributed by atoms with van der Waals surface area (Å²) in [6.07, 6.45) is 3.06. The van der Waals surface area contributed by atoms with Crippen molar-refractivity contribution in [1.29, 1.82) is 0 Å². The van der Waals surface area contributed by atoms with Crippen molar-refractivity contribution in [3.05, 3.63) is 34.9 Å². The van der Waals surface area contributed by atoms with Crippen LogP contribution in [-0.2, 0) is 9.59 Å². The van der Waals surface area contributed by atoms with E-state index in [9.17, 15) is 9.59 Å². The van der Waals surface area contributed by atoms with Crippen LogP contribution < -0.4 is 5.32 Å². The molecule has 0 atom stereocenters. The summed E-state index contributed by atoms with van der Waals surface area (Å²) in [6.45, 7) is 0.763. The number of likely N-dealkylation sites (tertiary alicyclic amines) is 1. The average Bonchev–Trinajstić information content (AvgIpc) is 2.84. The zero-order valence-electron chi connectivity index (χ0n) is 11.3. The van der Waals surface area contributed by atoms with Crippen LogP contribution in [-0.4, -0.2) is 34.8 Å². The molecule has 3 rings (SSSR count). The number of nitrogens with one attached hydrogen (secondary N) is 1. The zero-order valence-corrected chi connectivity index (χ0v) is 12.9. The predicted octanol–water partition coefficient (Wildman–Crippen LogP) is 2.56. The summed E-state index contributed by atoms with van der Waals surface area (Å²) in [6, 6.07) is 7.56. The quantitative estimate of drug-likeness (QED) is 0.927. The van der Waals surface area contributed by atoms with Crippen LogP contribution >= 0.6 is 15.9 Å². The number of aromatic nitrogens is 1. The number of fused-ring (bicyclic) bond motifs is 1. The van der Waals surface area contributed by atoms with Gasteiger partial charge in [0.1, 0.15) is 0 Å². The third-order valence-corrected chi connectivity index (χ3v) is 3.89. The Morgan fingerprint density at radius 3 is 3.05 bits per heavy atom. The molecule has 2 heterocycles. The Bertz CT molecular complexity index is 717. The fourth-order valence-corrected chi connectivity index (χ4v) is 2.82. The topological polar surface area (TPSA) is 62.3 Å². The molecule has 1 fully saturated rings. The first-order valence-electron chi connectivity index (χ1n) is 6.75. The van der Waals surface area contributed by atoms with Crippen molar-refractivity contribution in [3.8, 4) is 0 Å². The third-order valence-electron chi connectivity index (χ3n) is 3.46. The van der Waals surface area contributed by atoms with Gasteiger partial charge in [-0.05, 0) is 34.5 Å². The van der Waals surface area contributed by atoms with Gasteiger partial charge in [0.25, 0.3) is 0 Å². The third kappa shape index (κ3) is 3.05. The number of pyridine rings is 1. The van der Waals surface area contributed by atoms with Crippen LogP contribution in [0.4, 0.5) is 5.69 Å². The largest absolute Gasteiger partial charge is 0.333 e. The second-order valence-electron chi connectivity index (χ2n) is 5.00. The molecule has 0 radical (unpaired) electrons.